The van der Waals surface area contributed by atoms with E-state index in [1.54, 1.807) is 23.1 Å². The summed E-state index contributed by atoms with van der Waals surface area (Å²) in [4.78, 5) is 2.68. The van der Waals surface area contributed by atoms with Gasteiger partial charge >= 0.3 is 0 Å². The van der Waals surface area contributed by atoms with Crippen molar-refractivity contribution in [1.82, 2.24) is 5.32 Å². The summed E-state index contributed by atoms with van der Waals surface area (Å²) in [5.74, 6) is 0. The zero-order valence-corrected chi connectivity index (χ0v) is 13.9. The molecule has 0 saturated heterocycles. The van der Waals surface area contributed by atoms with Crippen LogP contribution in [0.2, 0.25) is 0 Å². The van der Waals surface area contributed by atoms with E-state index < -0.39 is 0 Å². The molecule has 96 valence electrons. The second-order valence-corrected chi connectivity index (χ2v) is 7.32. The number of halogens is 1. The molecular formula is C14H16BrNS2. The van der Waals surface area contributed by atoms with Gasteiger partial charge in [-0.15, -0.1) is 23.1 Å². The summed E-state index contributed by atoms with van der Waals surface area (Å²) in [6.07, 6.45) is 2.13. The zero-order chi connectivity index (χ0) is 13.1. The van der Waals surface area contributed by atoms with E-state index in [0.717, 1.165) is 0 Å². The standard InChI is InChI=1S/C14H16BrNS2/c1-9-8-12(18-14(9)15)13(16-2)10-6-4-5-7-11(10)17-3/h4-8,13,16H,1-3H3. The van der Waals surface area contributed by atoms with Gasteiger partial charge in [0.05, 0.1) is 9.83 Å². The second-order valence-electron chi connectivity index (χ2n) is 4.07. The molecule has 0 spiro atoms. The maximum absolute atomic E-state index is 3.61. The minimum atomic E-state index is 0.267. The Morgan fingerprint density at radius 1 is 1.33 bits per heavy atom. The van der Waals surface area contributed by atoms with Crippen molar-refractivity contribution < 1.29 is 0 Å². The molecule has 0 aliphatic heterocycles. The Morgan fingerprint density at radius 3 is 2.61 bits per heavy atom. The minimum Gasteiger partial charge on any atom is -0.309 e. The van der Waals surface area contributed by atoms with Crippen LogP contribution in [0.1, 0.15) is 22.0 Å². The van der Waals surface area contributed by atoms with Crippen LogP contribution in [0.3, 0.4) is 0 Å². The van der Waals surface area contributed by atoms with Crippen LogP contribution in [-0.4, -0.2) is 13.3 Å². The van der Waals surface area contributed by atoms with Crippen LogP contribution in [0.15, 0.2) is 39.0 Å². The summed E-state index contributed by atoms with van der Waals surface area (Å²) in [5.41, 5.74) is 2.65. The molecule has 1 unspecified atom stereocenters. The van der Waals surface area contributed by atoms with Crippen molar-refractivity contribution in [3.05, 3.63) is 50.1 Å². The molecule has 2 rings (SSSR count). The Bertz CT molecular complexity index is 517. The Labute approximate surface area is 125 Å². The van der Waals surface area contributed by atoms with Gasteiger partial charge in [0.2, 0.25) is 0 Å². The third-order valence-corrected chi connectivity index (χ3v) is 5.91. The third-order valence-electron chi connectivity index (χ3n) is 2.90. The molecule has 2 aromatic rings. The Kier molecular flexibility index (Phi) is 4.90. The lowest BCUT2D eigenvalue weighted by atomic mass is 10.1. The van der Waals surface area contributed by atoms with Crippen LogP contribution in [-0.2, 0) is 0 Å². The molecule has 1 heterocycles. The topological polar surface area (TPSA) is 12.0 Å². The first-order valence-electron chi connectivity index (χ1n) is 5.73. The van der Waals surface area contributed by atoms with Gasteiger partial charge in [-0.2, -0.15) is 0 Å². The summed E-state index contributed by atoms with van der Waals surface area (Å²) in [5, 5.41) is 3.43. The van der Waals surface area contributed by atoms with Crippen LogP contribution in [0.4, 0.5) is 0 Å². The Hall–Kier alpha value is -0.290. The molecule has 0 aliphatic carbocycles. The van der Waals surface area contributed by atoms with Crippen molar-refractivity contribution >= 4 is 39.0 Å². The molecule has 0 fully saturated rings. The quantitative estimate of drug-likeness (QED) is 0.797. The fourth-order valence-electron chi connectivity index (χ4n) is 1.98. The molecule has 0 aliphatic rings. The van der Waals surface area contributed by atoms with Crippen LogP contribution < -0.4 is 5.32 Å². The molecule has 0 radical (unpaired) electrons. The van der Waals surface area contributed by atoms with E-state index >= 15 is 0 Å². The number of benzene rings is 1. The van der Waals surface area contributed by atoms with Gasteiger partial charge < -0.3 is 5.32 Å². The average Bonchev–Trinajstić information content (AvgIpc) is 2.71. The molecule has 0 amide bonds. The molecule has 1 atom stereocenters. The predicted octanol–water partition coefficient (Wildman–Crippen LogP) is 4.85. The molecule has 1 N–H and O–H groups in total. The highest BCUT2D eigenvalue weighted by atomic mass is 79.9. The van der Waals surface area contributed by atoms with E-state index in [4.69, 9.17) is 0 Å². The van der Waals surface area contributed by atoms with Crippen LogP contribution in [0.25, 0.3) is 0 Å². The van der Waals surface area contributed by atoms with E-state index in [0.29, 0.717) is 0 Å². The highest BCUT2D eigenvalue weighted by Gasteiger charge is 2.18. The van der Waals surface area contributed by atoms with Crippen LogP contribution >= 0.6 is 39.0 Å². The SMILES string of the molecule is CNC(c1cc(C)c(Br)s1)c1ccccc1SC. The molecule has 0 bridgehead atoms. The first-order valence-corrected chi connectivity index (χ1v) is 8.56. The van der Waals surface area contributed by atoms with Crippen molar-refractivity contribution in [2.45, 2.75) is 17.9 Å². The highest BCUT2D eigenvalue weighted by Crippen LogP contribution is 2.36. The number of aryl methyl sites for hydroxylation is 1. The van der Waals surface area contributed by atoms with Gasteiger partial charge in [-0.25, -0.2) is 0 Å². The Balaban J connectivity index is 2.45. The minimum absolute atomic E-state index is 0.267. The van der Waals surface area contributed by atoms with Crippen molar-refractivity contribution in [3.63, 3.8) is 0 Å². The molecule has 1 nitrogen and oxygen atoms in total. The number of rotatable bonds is 4. The van der Waals surface area contributed by atoms with Crippen molar-refractivity contribution in [3.8, 4) is 0 Å². The summed E-state index contributed by atoms with van der Waals surface area (Å²) >= 11 is 7.21. The van der Waals surface area contributed by atoms with E-state index in [1.807, 2.05) is 7.05 Å². The van der Waals surface area contributed by atoms with Crippen LogP contribution in [0, 0.1) is 6.92 Å². The van der Waals surface area contributed by atoms with Gasteiger partial charge in [-0.05, 0) is 59.4 Å². The van der Waals surface area contributed by atoms with E-state index in [1.165, 1.54) is 24.7 Å². The maximum atomic E-state index is 3.61. The second kappa shape index (κ2) is 6.24. The molecule has 18 heavy (non-hydrogen) atoms. The van der Waals surface area contributed by atoms with E-state index in [2.05, 4.69) is 64.8 Å². The maximum Gasteiger partial charge on any atom is 0.0731 e. The summed E-state index contributed by atoms with van der Waals surface area (Å²) in [6, 6.07) is 11.1. The zero-order valence-electron chi connectivity index (χ0n) is 10.7. The van der Waals surface area contributed by atoms with Crippen LogP contribution in [0.5, 0.6) is 0 Å². The van der Waals surface area contributed by atoms with Crippen molar-refractivity contribution in [2.75, 3.05) is 13.3 Å². The lowest BCUT2D eigenvalue weighted by molar-refractivity contribution is 0.691. The number of nitrogens with one attached hydrogen (secondary N) is 1. The van der Waals surface area contributed by atoms with Gasteiger partial charge in [0.15, 0.2) is 0 Å². The first kappa shape index (κ1) is 14.1. The van der Waals surface area contributed by atoms with Crippen molar-refractivity contribution in [2.24, 2.45) is 0 Å². The molecule has 1 aromatic carbocycles. The monoisotopic (exact) mass is 341 g/mol. The first-order chi connectivity index (χ1) is 8.67. The molecule has 1 aromatic heterocycles. The molecule has 0 saturated carbocycles. The normalized spacial score (nSPS) is 12.7. The lowest BCUT2D eigenvalue weighted by Gasteiger charge is -2.18. The predicted molar refractivity (Wildman–Crippen MR) is 85.9 cm³/mol. The fourth-order valence-corrected chi connectivity index (χ4v) is 4.32. The summed E-state index contributed by atoms with van der Waals surface area (Å²) in [7, 11) is 2.02. The lowest BCUT2D eigenvalue weighted by Crippen LogP contribution is -2.17. The van der Waals surface area contributed by atoms with Gasteiger partial charge in [-0.1, -0.05) is 18.2 Å². The largest absolute Gasteiger partial charge is 0.309 e. The van der Waals surface area contributed by atoms with Gasteiger partial charge in [-0.3, -0.25) is 0 Å². The number of hydrogen-bond donors (Lipinski definition) is 1. The molecule has 4 heteroatoms. The van der Waals surface area contributed by atoms with Gasteiger partial charge in [0.1, 0.15) is 0 Å². The fraction of sp³-hybridized carbons (Fsp3) is 0.286. The highest BCUT2D eigenvalue weighted by molar-refractivity contribution is 9.11. The average molecular weight is 342 g/mol. The van der Waals surface area contributed by atoms with Crippen molar-refractivity contribution in [1.29, 1.82) is 0 Å². The summed E-state index contributed by atoms with van der Waals surface area (Å²) < 4.78 is 1.22. The summed E-state index contributed by atoms with van der Waals surface area (Å²) in [6.45, 7) is 2.14. The third kappa shape index (κ3) is 2.82. The smallest absolute Gasteiger partial charge is 0.0731 e. The molecular weight excluding hydrogens is 326 g/mol. The number of thioether (sulfide) groups is 1. The van der Waals surface area contributed by atoms with E-state index in [-0.39, 0.29) is 6.04 Å². The van der Waals surface area contributed by atoms with Gasteiger partial charge in [0.25, 0.3) is 0 Å². The number of thiophene rings is 1. The van der Waals surface area contributed by atoms with Gasteiger partial charge in [0, 0.05) is 9.77 Å². The van der Waals surface area contributed by atoms with E-state index in [9.17, 15) is 0 Å². The Morgan fingerprint density at radius 2 is 2.06 bits per heavy atom. The number of hydrogen-bond acceptors (Lipinski definition) is 3.